The fourth-order valence-electron chi connectivity index (χ4n) is 2.13. The number of rotatable bonds is 5. The highest BCUT2D eigenvalue weighted by atomic mass is 16.6. The second kappa shape index (κ2) is 6.07. The molecule has 1 aliphatic rings. The molecule has 2 rings (SSSR count). The number of ether oxygens (including phenoxy) is 3. The predicted molar refractivity (Wildman–Crippen MR) is 70.3 cm³/mol. The molecule has 0 saturated carbocycles. The average molecular weight is 251 g/mol. The summed E-state index contributed by atoms with van der Waals surface area (Å²) in [5.74, 6) is 1.67. The Hall–Kier alpha value is -1.26. The standard InChI is InChI=1S/C14H21NO3/c1-10(16-3)8-12(15-2)11-4-5-13-14(9-11)18-7-6-17-13/h4-5,9-10,12,15H,6-8H2,1-3H3. The van der Waals surface area contributed by atoms with Gasteiger partial charge in [-0.05, 0) is 38.1 Å². The summed E-state index contributed by atoms with van der Waals surface area (Å²) in [6.45, 7) is 3.32. The highest BCUT2D eigenvalue weighted by Crippen LogP contribution is 2.33. The maximum absolute atomic E-state index is 5.61. The minimum atomic E-state index is 0.218. The number of nitrogens with one attached hydrogen (secondary N) is 1. The largest absolute Gasteiger partial charge is 0.486 e. The molecule has 1 aliphatic heterocycles. The second-order valence-electron chi connectivity index (χ2n) is 4.53. The van der Waals surface area contributed by atoms with Crippen molar-refractivity contribution in [3.8, 4) is 11.5 Å². The van der Waals surface area contributed by atoms with Crippen molar-refractivity contribution in [3.63, 3.8) is 0 Å². The maximum Gasteiger partial charge on any atom is 0.161 e. The molecule has 100 valence electrons. The minimum absolute atomic E-state index is 0.218. The number of hydrogen-bond acceptors (Lipinski definition) is 4. The van der Waals surface area contributed by atoms with Crippen LogP contribution in [-0.2, 0) is 4.74 Å². The van der Waals surface area contributed by atoms with Crippen molar-refractivity contribution in [1.29, 1.82) is 0 Å². The van der Waals surface area contributed by atoms with Crippen LogP contribution in [0.15, 0.2) is 18.2 Å². The van der Waals surface area contributed by atoms with Crippen LogP contribution in [0.5, 0.6) is 11.5 Å². The van der Waals surface area contributed by atoms with Gasteiger partial charge >= 0.3 is 0 Å². The van der Waals surface area contributed by atoms with Crippen LogP contribution in [0.25, 0.3) is 0 Å². The van der Waals surface area contributed by atoms with Gasteiger partial charge < -0.3 is 19.5 Å². The molecule has 1 heterocycles. The van der Waals surface area contributed by atoms with Crippen LogP contribution in [0.3, 0.4) is 0 Å². The molecule has 0 fully saturated rings. The summed E-state index contributed by atoms with van der Waals surface area (Å²) in [6, 6.07) is 6.37. The van der Waals surface area contributed by atoms with Crippen LogP contribution >= 0.6 is 0 Å². The van der Waals surface area contributed by atoms with Gasteiger partial charge in [-0.2, -0.15) is 0 Å². The molecule has 0 amide bonds. The molecule has 4 heteroatoms. The monoisotopic (exact) mass is 251 g/mol. The lowest BCUT2D eigenvalue weighted by Gasteiger charge is -2.23. The first-order chi connectivity index (χ1) is 8.74. The summed E-state index contributed by atoms with van der Waals surface area (Å²) in [5.41, 5.74) is 1.20. The van der Waals surface area contributed by atoms with E-state index < -0.39 is 0 Å². The fraction of sp³-hybridized carbons (Fsp3) is 0.571. The Bertz CT molecular complexity index is 395. The third kappa shape index (κ3) is 2.94. The van der Waals surface area contributed by atoms with Crippen LogP contribution in [0.1, 0.15) is 24.9 Å². The van der Waals surface area contributed by atoms with E-state index in [0.717, 1.165) is 17.9 Å². The van der Waals surface area contributed by atoms with Gasteiger partial charge in [0.2, 0.25) is 0 Å². The normalized spacial score (nSPS) is 17.3. The zero-order chi connectivity index (χ0) is 13.0. The molecule has 0 bridgehead atoms. The molecule has 0 spiro atoms. The van der Waals surface area contributed by atoms with Crippen LogP contribution in [-0.4, -0.2) is 33.5 Å². The molecule has 1 aromatic rings. The van der Waals surface area contributed by atoms with E-state index in [0.29, 0.717) is 13.2 Å². The van der Waals surface area contributed by atoms with E-state index in [2.05, 4.69) is 24.4 Å². The van der Waals surface area contributed by atoms with E-state index in [-0.39, 0.29) is 12.1 Å². The lowest BCUT2D eigenvalue weighted by Crippen LogP contribution is -2.22. The highest BCUT2D eigenvalue weighted by molar-refractivity contribution is 5.44. The first kappa shape index (κ1) is 13.2. The Labute approximate surface area is 108 Å². The van der Waals surface area contributed by atoms with E-state index in [1.807, 2.05) is 13.1 Å². The zero-order valence-corrected chi connectivity index (χ0v) is 11.2. The quantitative estimate of drug-likeness (QED) is 0.870. The van der Waals surface area contributed by atoms with Crippen LogP contribution in [0, 0.1) is 0 Å². The van der Waals surface area contributed by atoms with E-state index in [1.54, 1.807) is 7.11 Å². The van der Waals surface area contributed by atoms with Gasteiger partial charge in [-0.3, -0.25) is 0 Å². The van der Waals surface area contributed by atoms with Crippen LogP contribution in [0.2, 0.25) is 0 Å². The van der Waals surface area contributed by atoms with Crippen molar-refractivity contribution >= 4 is 0 Å². The Morgan fingerprint density at radius 1 is 1.28 bits per heavy atom. The first-order valence-electron chi connectivity index (χ1n) is 6.34. The summed E-state index contributed by atoms with van der Waals surface area (Å²) in [6.07, 6.45) is 1.14. The predicted octanol–water partition coefficient (Wildman–Crippen LogP) is 2.14. The molecule has 0 saturated heterocycles. The lowest BCUT2D eigenvalue weighted by atomic mass is 10.0. The summed E-state index contributed by atoms with van der Waals surface area (Å²) < 4.78 is 16.5. The smallest absolute Gasteiger partial charge is 0.161 e. The first-order valence-corrected chi connectivity index (χ1v) is 6.34. The Morgan fingerprint density at radius 3 is 2.67 bits per heavy atom. The molecule has 2 atom stereocenters. The number of benzene rings is 1. The number of methoxy groups -OCH3 is 1. The molecular weight excluding hydrogens is 230 g/mol. The molecule has 0 aromatic heterocycles. The van der Waals surface area contributed by atoms with Crippen molar-refractivity contribution in [2.24, 2.45) is 0 Å². The summed E-state index contributed by atoms with van der Waals surface area (Å²) >= 11 is 0. The Kier molecular flexibility index (Phi) is 4.44. The van der Waals surface area contributed by atoms with Crippen LogP contribution < -0.4 is 14.8 Å². The summed E-state index contributed by atoms with van der Waals surface area (Å²) in [7, 11) is 3.70. The number of fused-ring (bicyclic) bond motifs is 1. The van der Waals surface area contributed by atoms with Gasteiger partial charge in [-0.1, -0.05) is 6.07 Å². The van der Waals surface area contributed by atoms with Crippen LogP contribution in [0.4, 0.5) is 0 Å². The SMILES string of the molecule is CNC(CC(C)OC)c1ccc2c(c1)OCCO2. The van der Waals surface area contributed by atoms with Crippen molar-refractivity contribution < 1.29 is 14.2 Å². The van der Waals surface area contributed by atoms with E-state index in [1.165, 1.54) is 5.56 Å². The van der Waals surface area contributed by atoms with Gasteiger partial charge in [-0.25, -0.2) is 0 Å². The van der Waals surface area contributed by atoms with Crippen molar-refractivity contribution in [3.05, 3.63) is 23.8 Å². The molecular formula is C14H21NO3. The van der Waals surface area contributed by atoms with Crippen molar-refractivity contribution in [2.45, 2.75) is 25.5 Å². The van der Waals surface area contributed by atoms with Gasteiger partial charge in [0.1, 0.15) is 13.2 Å². The summed E-state index contributed by atoms with van der Waals surface area (Å²) in [4.78, 5) is 0. The van der Waals surface area contributed by atoms with Gasteiger partial charge in [0.05, 0.1) is 6.10 Å². The second-order valence-corrected chi connectivity index (χ2v) is 4.53. The Balaban J connectivity index is 2.15. The van der Waals surface area contributed by atoms with Gasteiger partial charge in [0, 0.05) is 13.2 Å². The van der Waals surface area contributed by atoms with E-state index >= 15 is 0 Å². The molecule has 4 nitrogen and oxygen atoms in total. The van der Waals surface area contributed by atoms with Gasteiger partial charge in [0.15, 0.2) is 11.5 Å². The molecule has 2 unspecified atom stereocenters. The Morgan fingerprint density at radius 2 is 2.00 bits per heavy atom. The third-order valence-corrected chi connectivity index (χ3v) is 3.29. The maximum atomic E-state index is 5.61. The van der Waals surface area contributed by atoms with E-state index in [4.69, 9.17) is 14.2 Å². The fourth-order valence-corrected chi connectivity index (χ4v) is 2.13. The number of hydrogen-bond donors (Lipinski definition) is 1. The van der Waals surface area contributed by atoms with Crippen molar-refractivity contribution in [1.82, 2.24) is 5.32 Å². The molecule has 18 heavy (non-hydrogen) atoms. The lowest BCUT2D eigenvalue weighted by molar-refractivity contribution is 0.101. The van der Waals surface area contributed by atoms with Gasteiger partial charge in [-0.15, -0.1) is 0 Å². The molecule has 1 N–H and O–H groups in total. The summed E-state index contributed by atoms with van der Waals surface area (Å²) in [5, 5.41) is 3.31. The molecule has 0 aliphatic carbocycles. The highest BCUT2D eigenvalue weighted by Gasteiger charge is 2.17. The third-order valence-electron chi connectivity index (χ3n) is 3.29. The average Bonchev–Trinajstić information content (AvgIpc) is 2.44. The van der Waals surface area contributed by atoms with E-state index in [9.17, 15) is 0 Å². The zero-order valence-electron chi connectivity index (χ0n) is 11.2. The minimum Gasteiger partial charge on any atom is -0.486 e. The molecule has 0 radical (unpaired) electrons. The molecule has 1 aromatic carbocycles. The topological polar surface area (TPSA) is 39.7 Å². The van der Waals surface area contributed by atoms with Crippen molar-refractivity contribution in [2.75, 3.05) is 27.4 Å². The van der Waals surface area contributed by atoms with Gasteiger partial charge in [0.25, 0.3) is 0 Å².